The summed E-state index contributed by atoms with van der Waals surface area (Å²) in [6, 6.07) is 5.18. The van der Waals surface area contributed by atoms with Crippen molar-refractivity contribution < 1.29 is 26.4 Å². The Morgan fingerprint density at radius 3 is 2.36 bits per heavy atom. The molecule has 0 spiro atoms. The fourth-order valence-corrected chi connectivity index (χ4v) is 3.73. The molecule has 178 valence electrons. The van der Waals surface area contributed by atoms with Crippen LogP contribution in [-0.2, 0) is 16.0 Å². The number of benzene rings is 1. The predicted octanol–water partition coefficient (Wildman–Crippen LogP) is 4.00. The molecule has 0 unspecified atom stereocenters. The molecule has 1 N–H and O–H groups in total. The number of carbonyl (C=O) groups excluding carboxylic acids is 1. The molecule has 3 aromatic rings. The molecule has 2 heterocycles. The van der Waals surface area contributed by atoms with Gasteiger partial charge in [-0.25, -0.2) is 18.4 Å². The van der Waals surface area contributed by atoms with Crippen LogP contribution < -0.4 is 5.32 Å². The average molecular weight is 542 g/mol. The summed E-state index contributed by atoms with van der Waals surface area (Å²) in [5.74, 6) is -2.47. The third-order valence-electron chi connectivity index (χ3n) is 4.11. The van der Waals surface area contributed by atoms with E-state index in [9.17, 15) is 26.4 Å². The van der Waals surface area contributed by atoms with Crippen LogP contribution in [0.15, 0.2) is 41.4 Å². The molecule has 8 nitrogen and oxygen atoms in total. The largest absolute Gasteiger partial charge is 0.453 e. The summed E-state index contributed by atoms with van der Waals surface area (Å²) >= 11 is 11.7. The lowest BCUT2D eigenvalue weighted by Crippen LogP contribution is -2.29. The molecule has 0 aliphatic rings. The number of carbonyl (C=O) groups is 1. The average Bonchev–Trinajstić information content (AvgIpc) is 3.13. The molecule has 0 radical (unpaired) electrons. The zero-order valence-electron chi connectivity index (χ0n) is 16.9. The SMILES string of the molecule is C[C@@H](NC(=O)c1cc(Cl)cc(S(C)(=O)=O)c1)c1nc(C(F)(F)F)nn1-c1ccc(Cl)cn1.S. The maximum atomic E-state index is 13.2. The van der Waals surface area contributed by atoms with E-state index in [2.05, 4.69) is 20.4 Å². The Balaban J connectivity index is 0.00000385. The summed E-state index contributed by atoms with van der Waals surface area (Å²) in [6.07, 6.45) is -2.67. The first-order valence-corrected chi connectivity index (χ1v) is 11.4. The minimum Gasteiger partial charge on any atom is -0.342 e. The van der Waals surface area contributed by atoms with Gasteiger partial charge in [-0.3, -0.25) is 4.79 Å². The molecular weight excluding hydrogens is 526 g/mol. The Bertz CT molecular complexity index is 1280. The van der Waals surface area contributed by atoms with E-state index in [-0.39, 0.29) is 45.6 Å². The molecule has 15 heteroatoms. The number of amides is 1. The summed E-state index contributed by atoms with van der Waals surface area (Å²) in [4.78, 5) is 20.0. The molecule has 0 saturated carbocycles. The Kier molecular flexibility index (Phi) is 8.05. The van der Waals surface area contributed by atoms with Crippen molar-refractivity contribution in [3.05, 3.63) is 63.8 Å². The van der Waals surface area contributed by atoms with Crippen molar-refractivity contribution in [2.45, 2.75) is 24.0 Å². The number of alkyl halides is 3. The van der Waals surface area contributed by atoms with E-state index in [4.69, 9.17) is 23.2 Å². The molecule has 1 atom stereocenters. The quantitative estimate of drug-likeness (QED) is 0.523. The lowest BCUT2D eigenvalue weighted by atomic mass is 10.2. The van der Waals surface area contributed by atoms with E-state index in [1.165, 1.54) is 37.4 Å². The van der Waals surface area contributed by atoms with Gasteiger partial charge in [-0.2, -0.15) is 31.3 Å². The van der Waals surface area contributed by atoms with Crippen LogP contribution >= 0.6 is 36.7 Å². The van der Waals surface area contributed by atoms with E-state index < -0.39 is 33.8 Å². The van der Waals surface area contributed by atoms with Gasteiger partial charge in [0, 0.05) is 23.0 Å². The van der Waals surface area contributed by atoms with Gasteiger partial charge in [0.15, 0.2) is 21.5 Å². The smallest absolute Gasteiger partial charge is 0.342 e. The van der Waals surface area contributed by atoms with Crippen molar-refractivity contribution in [1.29, 1.82) is 0 Å². The minimum atomic E-state index is -4.84. The number of hydrogen-bond acceptors (Lipinski definition) is 6. The first-order valence-electron chi connectivity index (χ1n) is 8.73. The van der Waals surface area contributed by atoms with Gasteiger partial charge in [-0.05, 0) is 37.3 Å². The molecule has 1 aromatic carbocycles. The maximum absolute atomic E-state index is 13.2. The summed E-state index contributed by atoms with van der Waals surface area (Å²) in [5.41, 5.74) is -0.100. The molecule has 2 aromatic heterocycles. The Morgan fingerprint density at radius 2 is 1.82 bits per heavy atom. The Labute approximate surface area is 203 Å². The predicted molar refractivity (Wildman–Crippen MR) is 120 cm³/mol. The highest BCUT2D eigenvalue weighted by atomic mass is 35.5. The van der Waals surface area contributed by atoms with Crippen LogP contribution in [0.1, 0.15) is 35.0 Å². The number of aromatic nitrogens is 4. The van der Waals surface area contributed by atoms with E-state index in [0.29, 0.717) is 0 Å². The summed E-state index contributed by atoms with van der Waals surface area (Å²) in [5, 5.41) is 6.19. The number of pyridine rings is 1. The lowest BCUT2D eigenvalue weighted by Gasteiger charge is -2.15. The van der Waals surface area contributed by atoms with Gasteiger partial charge in [0.1, 0.15) is 0 Å². The standard InChI is InChI=1S/C18H14Cl2F3N5O3S.H2S/c1-9(25-16(29)10-5-12(20)7-13(6-10)32(2,30)31)15-26-17(18(21,22)23)27-28(15)14-4-3-11(19)8-24-14;/h3-9H,1-2H3,(H,25,29);1H2/t9-;/m1./s1. The topological polar surface area (TPSA) is 107 Å². The molecule has 0 aliphatic carbocycles. The highest BCUT2D eigenvalue weighted by molar-refractivity contribution is 7.90. The molecule has 0 bridgehead atoms. The van der Waals surface area contributed by atoms with Crippen LogP contribution in [0, 0.1) is 0 Å². The zero-order chi connectivity index (χ0) is 23.8. The summed E-state index contributed by atoms with van der Waals surface area (Å²) in [7, 11) is -3.66. The maximum Gasteiger partial charge on any atom is 0.453 e. The normalized spacial score (nSPS) is 12.7. The van der Waals surface area contributed by atoms with E-state index >= 15 is 0 Å². The van der Waals surface area contributed by atoms with Gasteiger partial charge < -0.3 is 5.32 Å². The number of sulfone groups is 1. The third-order valence-corrected chi connectivity index (χ3v) is 5.64. The molecule has 0 saturated heterocycles. The monoisotopic (exact) mass is 541 g/mol. The molecule has 0 fully saturated rings. The molecule has 3 rings (SSSR count). The Hall–Kier alpha value is -2.35. The fourth-order valence-electron chi connectivity index (χ4n) is 2.64. The van der Waals surface area contributed by atoms with Crippen LogP contribution in [0.3, 0.4) is 0 Å². The highest BCUT2D eigenvalue weighted by Gasteiger charge is 2.38. The van der Waals surface area contributed by atoms with Gasteiger partial charge in [0.25, 0.3) is 11.7 Å². The van der Waals surface area contributed by atoms with E-state index in [0.717, 1.165) is 17.0 Å². The summed E-state index contributed by atoms with van der Waals surface area (Å²) in [6.45, 7) is 1.39. The van der Waals surface area contributed by atoms with Crippen molar-refractivity contribution in [3.8, 4) is 5.82 Å². The minimum absolute atomic E-state index is 0. The zero-order valence-corrected chi connectivity index (χ0v) is 20.2. The number of nitrogens with zero attached hydrogens (tertiary/aromatic N) is 4. The van der Waals surface area contributed by atoms with Gasteiger partial charge >= 0.3 is 6.18 Å². The third kappa shape index (κ3) is 6.37. The Morgan fingerprint density at radius 1 is 1.15 bits per heavy atom. The van der Waals surface area contributed by atoms with Crippen LogP contribution in [0.25, 0.3) is 5.82 Å². The van der Waals surface area contributed by atoms with Crippen molar-refractivity contribution >= 4 is 52.4 Å². The van der Waals surface area contributed by atoms with Crippen LogP contribution in [0.2, 0.25) is 10.0 Å². The summed E-state index contributed by atoms with van der Waals surface area (Å²) < 4.78 is 64.1. The van der Waals surface area contributed by atoms with Crippen molar-refractivity contribution in [3.63, 3.8) is 0 Å². The number of hydrogen-bond donors (Lipinski definition) is 1. The van der Waals surface area contributed by atoms with Gasteiger partial charge in [-0.15, -0.1) is 5.10 Å². The number of nitrogens with one attached hydrogen (secondary N) is 1. The number of rotatable bonds is 5. The molecular formula is C18H16Cl2F3N5O3S2. The van der Waals surface area contributed by atoms with Gasteiger partial charge in [0.05, 0.1) is 16.0 Å². The first kappa shape index (κ1) is 26.9. The first-order chi connectivity index (χ1) is 14.8. The van der Waals surface area contributed by atoms with Crippen LogP contribution in [0.4, 0.5) is 13.2 Å². The van der Waals surface area contributed by atoms with E-state index in [1.807, 2.05) is 0 Å². The van der Waals surface area contributed by atoms with Crippen molar-refractivity contribution in [1.82, 2.24) is 25.1 Å². The fraction of sp³-hybridized carbons (Fsp3) is 0.222. The van der Waals surface area contributed by atoms with Crippen LogP contribution in [-0.4, -0.2) is 40.3 Å². The number of halogens is 5. The van der Waals surface area contributed by atoms with Crippen molar-refractivity contribution in [2.24, 2.45) is 0 Å². The van der Waals surface area contributed by atoms with Gasteiger partial charge in [-0.1, -0.05) is 23.2 Å². The second-order valence-electron chi connectivity index (χ2n) is 6.68. The second-order valence-corrected chi connectivity index (χ2v) is 9.57. The van der Waals surface area contributed by atoms with E-state index in [1.54, 1.807) is 0 Å². The molecule has 1 amide bonds. The molecule has 0 aliphatic heterocycles. The highest BCUT2D eigenvalue weighted by Crippen LogP contribution is 2.29. The van der Waals surface area contributed by atoms with Crippen molar-refractivity contribution in [2.75, 3.05) is 6.26 Å². The van der Waals surface area contributed by atoms with Gasteiger partial charge in [0.2, 0.25) is 0 Å². The molecule has 33 heavy (non-hydrogen) atoms. The second kappa shape index (κ2) is 9.87. The van der Waals surface area contributed by atoms with Crippen LogP contribution in [0.5, 0.6) is 0 Å². The lowest BCUT2D eigenvalue weighted by molar-refractivity contribution is -0.144.